The van der Waals surface area contributed by atoms with Crippen molar-refractivity contribution in [2.24, 2.45) is 0 Å². The van der Waals surface area contributed by atoms with E-state index in [0.29, 0.717) is 0 Å². The van der Waals surface area contributed by atoms with E-state index in [1.165, 1.54) is 5.39 Å². The largest absolute Gasteiger partial charge is 0.360 e. The van der Waals surface area contributed by atoms with Gasteiger partial charge in [0, 0.05) is 27.3 Å². The van der Waals surface area contributed by atoms with Gasteiger partial charge in [-0.15, -0.1) is 0 Å². The van der Waals surface area contributed by atoms with Gasteiger partial charge in [-0.05, 0) is 36.4 Å². The Balaban J connectivity index is 1.70. The second kappa shape index (κ2) is 4.93. The third-order valence-corrected chi connectivity index (χ3v) is 4.06. The summed E-state index contributed by atoms with van der Waals surface area (Å²) in [7, 11) is 0. The average molecular weight is 341 g/mol. The zero-order valence-corrected chi connectivity index (χ0v) is 12.8. The average Bonchev–Trinajstić information content (AvgIpc) is 3.16. The minimum Gasteiger partial charge on any atom is -0.360 e. The topological polar surface area (TPSA) is 49.4 Å². The standard InChI is InChI=1S/C16H13BrN4/c17-12-3-4-14-11(6-12)7-13(20-14)9-21-10-18-8-16(21)15-2-1-5-19-15/h1-8,10,19-20H,9H2. The fraction of sp³-hybridized carbons (Fsp3) is 0.0625. The van der Waals surface area contributed by atoms with Gasteiger partial charge in [-0.1, -0.05) is 15.9 Å². The van der Waals surface area contributed by atoms with Gasteiger partial charge >= 0.3 is 0 Å². The number of H-pyrrole nitrogens is 2. The number of nitrogens with one attached hydrogen (secondary N) is 2. The second-order valence-electron chi connectivity index (χ2n) is 5.02. The number of halogens is 1. The van der Waals surface area contributed by atoms with Crippen molar-refractivity contribution < 1.29 is 0 Å². The van der Waals surface area contributed by atoms with E-state index in [-0.39, 0.29) is 0 Å². The first-order valence-electron chi connectivity index (χ1n) is 6.71. The van der Waals surface area contributed by atoms with Crippen molar-refractivity contribution >= 4 is 26.8 Å². The van der Waals surface area contributed by atoms with Crippen LogP contribution in [0.3, 0.4) is 0 Å². The Morgan fingerprint density at radius 3 is 3.00 bits per heavy atom. The van der Waals surface area contributed by atoms with Crippen LogP contribution in [0, 0.1) is 0 Å². The Kier molecular flexibility index (Phi) is 2.93. The van der Waals surface area contributed by atoms with Gasteiger partial charge in [0.25, 0.3) is 0 Å². The van der Waals surface area contributed by atoms with E-state index in [4.69, 9.17) is 0 Å². The Bertz CT molecular complexity index is 886. The van der Waals surface area contributed by atoms with Crippen LogP contribution in [0.15, 0.2) is 59.6 Å². The molecule has 104 valence electrons. The number of fused-ring (bicyclic) bond motifs is 1. The summed E-state index contributed by atoms with van der Waals surface area (Å²) < 4.78 is 3.22. The molecule has 0 fully saturated rings. The maximum Gasteiger partial charge on any atom is 0.0955 e. The quantitative estimate of drug-likeness (QED) is 0.577. The molecule has 3 heterocycles. The maximum absolute atomic E-state index is 4.26. The molecule has 3 aromatic heterocycles. The monoisotopic (exact) mass is 340 g/mol. The summed E-state index contributed by atoms with van der Waals surface area (Å²) in [6.07, 6.45) is 5.66. The Hall–Kier alpha value is -2.27. The summed E-state index contributed by atoms with van der Waals surface area (Å²) in [5.74, 6) is 0. The molecule has 0 aliphatic carbocycles. The van der Waals surface area contributed by atoms with Crippen LogP contribution in [0.1, 0.15) is 5.69 Å². The molecular formula is C16H13BrN4. The molecule has 0 unspecified atom stereocenters. The highest BCUT2D eigenvalue weighted by atomic mass is 79.9. The molecule has 0 bridgehead atoms. The molecule has 4 aromatic rings. The Labute approximate surface area is 130 Å². The predicted octanol–water partition coefficient (Wildman–Crippen LogP) is 4.17. The second-order valence-corrected chi connectivity index (χ2v) is 5.93. The van der Waals surface area contributed by atoms with Crippen molar-refractivity contribution in [3.8, 4) is 11.4 Å². The lowest BCUT2D eigenvalue weighted by Crippen LogP contribution is -2.00. The van der Waals surface area contributed by atoms with E-state index in [9.17, 15) is 0 Å². The fourth-order valence-corrected chi connectivity index (χ4v) is 2.97. The molecule has 1 aromatic carbocycles. The molecular weight excluding hydrogens is 328 g/mol. The molecule has 0 saturated heterocycles. The lowest BCUT2D eigenvalue weighted by molar-refractivity contribution is 0.786. The number of aromatic amines is 2. The van der Waals surface area contributed by atoms with E-state index >= 15 is 0 Å². The molecule has 0 aliphatic heterocycles. The molecule has 0 aliphatic rings. The van der Waals surface area contributed by atoms with E-state index in [2.05, 4.69) is 59.7 Å². The first kappa shape index (κ1) is 12.5. The Morgan fingerprint density at radius 2 is 2.14 bits per heavy atom. The molecule has 21 heavy (non-hydrogen) atoms. The van der Waals surface area contributed by atoms with E-state index in [1.54, 1.807) is 0 Å². The zero-order chi connectivity index (χ0) is 14.2. The highest BCUT2D eigenvalue weighted by Crippen LogP contribution is 2.22. The van der Waals surface area contributed by atoms with Crippen LogP contribution in [-0.2, 0) is 6.54 Å². The smallest absolute Gasteiger partial charge is 0.0955 e. The molecule has 0 saturated carbocycles. The SMILES string of the molecule is Brc1ccc2[nH]c(Cn3cncc3-c3ccc[nH]3)cc2c1. The lowest BCUT2D eigenvalue weighted by Gasteiger charge is -2.05. The first-order valence-corrected chi connectivity index (χ1v) is 7.50. The van der Waals surface area contributed by atoms with Crippen molar-refractivity contribution in [2.45, 2.75) is 6.54 Å². The molecule has 2 N–H and O–H groups in total. The maximum atomic E-state index is 4.26. The first-order chi connectivity index (χ1) is 10.3. The predicted molar refractivity (Wildman–Crippen MR) is 87.1 cm³/mol. The van der Waals surface area contributed by atoms with Gasteiger partial charge in [0.1, 0.15) is 0 Å². The van der Waals surface area contributed by atoms with E-state index in [1.807, 2.05) is 30.9 Å². The molecule has 4 rings (SSSR count). The van der Waals surface area contributed by atoms with Crippen molar-refractivity contribution in [3.05, 3.63) is 65.3 Å². The number of nitrogens with zero attached hydrogens (tertiary/aromatic N) is 2. The van der Waals surface area contributed by atoms with Crippen molar-refractivity contribution in [1.29, 1.82) is 0 Å². The van der Waals surface area contributed by atoms with Crippen molar-refractivity contribution in [3.63, 3.8) is 0 Å². The highest BCUT2D eigenvalue weighted by Gasteiger charge is 2.08. The summed E-state index contributed by atoms with van der Waals surface area (Å²) in [5.41, 5.74) is 4.47. The highest BCUT2D eigenvalue weighted by molar-refractivity contribution is 9.10. The van der Waals surface area contributed by atoms with Crippen LogP contribution in [-0.4, -0.2) is 19.5 Å². The van der Waals surface area contributed by atoms with Gasteiger partial charge in [0.05, 0.1) is 30.5 Å². The molecule has 5 heteroatoms. The van der Waals surface area contributed by atoms with Gasteiger partial charge in [0.2, 0.25) is 0 Å². The van der Waals surface area contributed by atoms with Crippen LogP contribution in [0.25, 0.3) is 22.3 Å². The number of rotatable bonds is 3. The number of benzene rings is 1. The van der Waals surface area contributed by atoms with Crippen LogP contribution < -0.4 is 0 Å². The summed E-state index contributed by atoms with van der Waals surface area (Å²) in [5, 5.41) is 1.21. The lowest BCUT2D eigenvalue weighted by atomic mass is 10.2. The van der Waals surface area contributed by atoms with Gasteiger partial charge in [-0.2, -0.15) is 0 Å². The van der Waals surface area contributed by atoms with Crippen molar-refractivity contribution in [2.75, 3.05) is 0 Å². The molecule has 4 nitrogen and oxygen atoms in total. The molecule has 0 radical (unpaired) electrons. The number of hydrogen-bond acceptors (Lipinski definition) is 1. The third-order valence-electron chi connectivity index (χ3n) is 3.57. The van der Waals surface area contributed by atoms with Gasteiger partial charge < -0.3 is 14.5 Å². The van der Waals surface area contributed by atoms with Gasteiger partial charge in [-0.3, -0.25) is 0 Å². The van der Waals surface area contributed by atoms with Crippen molar-refractivity contribution in [1.82, 2.24) is 19.5 Å². The zero-order valence-electron chi connectivity index (χ0n) is 11.2. The van der Waals surface area contributed by atoms with E-state index in [0.717, 1.165) is 33.6 Å². The minimum absolute atomic E-state index is 0.765. The van der Waals surface area contributed by atoms with Crippen LogP contribution in [0.2, 0.25) is 0 Å². The van der Waals surface area contributed by atoms with Gasteiger partial charge in [0.15, 0.2) is 0 Å². The third kappa shape index (κ3) is 2.29. The van der Waals surface area contributed by atoms with Crippen LogP contribution in [0.5, 0.6) is 0 Å². The van der Waals surface area contributed by atoms with Gasteiger partial charge in [-0.25, -0.2) is 4.98 Å². The summed E-state index contributed by atoms with van der Waals surface area (Å²) >= 11 is 3.51. The number of hydrogen-bond donors (Lipinski definition) is 2. The summed E-state index contributed by atoms with van der Waals surface area (Å²) in [4.78, 5) is 10.9. The van der Waals surface area contributed by atoms with Crippen LogP contribution >= 0.6 is 15.9 Å². The van der Waals surface area contributed by atoms with Crippen LogP contribution in [0.4, 0.5) is 0 Å². The normalized spacial score (nSPS) is 11.3. The fourth-order valence-electron chi connectivity index (χ4n) is 2.59. The Morgan fingerprint density at radius 1 is 1.19 bits per heavy atom. The number of imidazole rings is 1. The molecule has 0 atom stereocenters. The summed E-state index contributed by atoms with van der Waals surface area (Å²) in [6, 6.07) is 12.5. The molecule has 0 spiro atoms. The van der Waals surface area contributed by atoms with E-state index < -0.39 is 0 Å². The summed E-state index contributed by atoms with van der Waals surface area (Å²) in [6.45, 7) is 0.765. The molecule has 0 amide bonds. The minimum atomic E-state index is 0.765. The number of aromatic nitrogens is 4.